The Kier molecular flexibility index (Phi) is 5.66. The fourth-order valence-electron chi connectivity index (χ4n) is 2.19. The first-order valence-electron chi connectivity index (χ1n) is 7.58. The highest BCUT2D eigenvalue weighted by molar-refractivity contribution is 8.15. The van der Waals surface area contributed by atoms with Crippen LogP contribution in [0.1, 0.15) is 17.4 Å². The molecule has 7 heteroatoms. The molecule has 1 aliphatic heterocycles. The first kappa shape index (κ1) is 16.7. The molecule has 0 bridgehead atoms. The van der Waals surface area contributed by atoms with Crippen LogP contribution in [-0.2, 0) is 11.2 Å². The molecular weight excluding hydrogens is 342 g/mol. The molecule has 0 spiro atoms. The third kappa shape index (κ3) is 4.46. The summed E-state index contributed by atoms with van der Waals surface area (Å²) in [5.74, 6) is 0.814. The Bertz CT molecular complexity index is 740. The maximum Gasteiger partial charge on any atom is 0.239 e. The van der Waals surface area contributed by atoms with Crippen molar-refractivity contribution >= 4 is 40.4 Å². The van der Waals surface area contributed by atoms with E-state index < -0.39 is 0 Å². The molecule has 1 amide bonds. The van der Waals surface area contributed by atoms with Gasteiger partial charge in [0.15, 0.2) is 5.17 Å². The minimum Gasteiger partial charge on any atom is -0.494 e. The average molecular weight is 359 g/mol. The number of carbonyl (C=O) groups excluding carboxylic acids is 1. The first-order chi connectivity index (χ1) is 11.7. The maximum absolute atomic E-state index is 12.1. The molecule has 1 N–H and O–H groups in total. The number of ether oxygens (including phenoxy) is 1. The summed E-state index contributed by atoms with van der Waals surface area (Å²) in [7, 11) is 0. The molecule has 2 aromatic rings. The van der Waals surface area contributed by atoms with Gasteiger partial charge in [-0.2, -0.15) is 5.10 Å². The van der Waals surface area contributed by atoms with E-state index >= 15 is 0 Å². The predicted molar refractivity (Wildman–Crippen MR) is 100 cm³/mol. The lowest BCUT2D eigenvalue weighted by Gasteiger charge is -2.07. The van der Waals surface area contributed by atoms with Crippen LogP contribution in [0.25, 0.3) is 0 Å². The van der Waals surface area contributed by atoms with Crippen LogP contribution >= 0.6 is 23.1 Å². The molecule has 0 saturated carbocycles. The molecule has 1 aromatic heterocycles. The highest BCUT2D eigenvalue weighted by Crippen LogP contribution is 2.24. The fraction of sp³-hybridized carbons (Fsp3) is 0.235. The van der Waals surface area contributed by atoms with E-state index in [1.807, 2.05) is 48.7 Å². The van der Waals surface area contributed by atoms with E-state index in [9.17, 15) is 4.79 Å². The second kappa shape index (κ2) is 8.12. The van der Waals surface area contributed by atoms with Crippen LogP contribution in [0.15, 0.2) is 52.0 Å². The van der Waals surface area contributed by atoms with Gasteiger partial charge in [-0.1, -0.05) is 30.0 Å². The van der Waals surface area contributed by atoms with Gasteiger partial charge in [0.1, 0.15) is 5.75 Å². The summed E-state index contributed by atoms with van der Waals surface area (Å²) in [6, 6.07) is 11.8. The molecule has 3 rings (SSSR count). The average Bonchev–Trinajstić information content (AvgIpc) is 3.20. The zero-order valence-electron chi connectivity index (χ0n) is 13.1. The fourth-order valence-corrected chi connectivity index (χ4v) is 3.74. The Balaban J connectivity index is 1.58. The lowest BCUT2D eigenvalue weighted by atomic mass is 10.1. The van der Waals surface area contributed by atoms with Gasteiger partial charge < -0.3 is 10.1 Å². The Morgan fingerprint density at radius 1 is 1.29 bits per heavy atom. The Morgan fingerprint density at radius 3 is 2.83 bits per heavy atom. The predicted octanol–water partition coefficient (Wildman–Crippen LogP) is 3.31. The third-order valence-corrected chi connectivity index (χ3v) is 5.19. The molecule has 1 atom stereocenters. The van der Waals surface area contributed by atoms with Gasteiger partial charge in [0.05, 0.1) is 18.1 Å². The number of rotatable bonds is 6. The van der Waals surface area contributed by atoms with Crippen molar-refractivity contribution in [3.8, 4) is 5.75 Å². The molecular formula is C17H17N3O2S2. The number of amides is 1. The van der Waals surface area contributed by atoms with Crippen LogP contribution in [0, 0.1) is 0 Å². The first-order valence-corrected chi connectivity index (χ1v) is 9.34. The van der Waals surface area contributed by atoms with E-state index in [0.717, 1.165) is 16.2 Å². The summed E-state index contributed by atoms with van der Waals surface area (Å²) in [6.45, 7) is 2.60. The van der Waals surface area contributed by atoms with Gasteiger partial charge in [-0.25, -0.2) is 0 Å². The largest absolute Gasteiger partial charge is 0.494 e. The van der Waals surface area contributed by atoms with E-state index in [1.54, 1.807) is 17.6 Å². The number of carbonyl (C=O) groups is 1. The van der Waals surface area contributed by atoms with Crippen LogP contribution in [0.3, 0.4) is 0 Å². The number of hydrogen-bond acceptors (Lipinski definition) is 6. The van der Waals surface area contributed by atoms with Gasteiger partial charge in [-0.15, -0.1) is 16.4 Å². The van der Waals surface area contributed by atoms with Gasteiger partial charge in [0.25, 0.3) is 0 Å². The van der Waals surface area contributed by atoms with Crippen molar-refractivity contribution in [1.29, 1.82) is 0 Å². The third-order valence-electron chi connectivity index (χ3n) is 3.31. The van der Waals surface area contributed by atoms with Crippen LogP contribution in [0.2, 0.25) is 0 Å². The molecule has 1 aromatic carbocycles. The summed E-state index contributed by atoms with van der Waals surface area (Å²) in [5, 5.41) is 13.2. The van der Waals surface area contributed by atoms with Crippen LogP contribution in [0.5, 0.6) is 5.75 Å². The summed E-state index contributed by atoms with van der Waals surface area (Å²) in [5.41, 5.74) is 1.09. The van der Waals surface area contributed by atoms with Gasteiger partial charge in [0.2, 0.25) is 5.91 Å². The Labute approximate surface area is 148 Å². The Hall–Kier alpha value is -2.12. The van der Waals surface area contributed by atoms with Crippen molar-refractivity contribution in [2.45, 2.75) is 18.6 Å². The molecule has 1 unspecified atom stereocenters. The number of benzene rings is 1. The molecule has 2 heterocycles. The quantitative estimate of drug-likeness (QED) is 0.636. The summed E-state index contributed by atoms with van der Waals surface area (Å²) >= 11 is 3.00. The second-order valence-electron chi connectivity index (χ2n) is 5.04. The number of hydrogen-bond donors (Lipinski definition) is 1. The van der Waals surface area contributed by atoms with Crippen LogP contribution in [0.4, 0.5) is 0 Å². The number of nitrogens with zero attached hydrogens (tertiary/aromatic N) is 2. The molecule has 1 saturated heterocycles. The summed E-state index contributed by atoms with van der Waals surface area (Å²) in [6.07, 6.45) is 2.33. The van der Waals surface area contributed by atoms with Gasteiger partial charge >= 0.3 is 0 Å². The minimum atomic E-state index is -0.182. The summed E-state index contributed by atoms with van der Waals surface area (Å²) < 4.78 is 5.43. The topological polar surface area (TPSA) is 63.1 Å². The zero-order valence-corrected chi connectivity index (χ0v) is 14.8. The highest BCUT2D eigenvalue weighted by atomic mass is 32.2. The number of thioether (sulfide) groups is 1. The SMILES string of the molecule is CCOc1ccc(CC2S/C(=N/N=C/c3cccs3)NC2=O)cc1. The van der Waals surface area contributed by atoms with E-state index in [0.29, 0.717) is 18.2 Å². The van der Waals surface area contributed by atoms with E-state index in [1.165, 1.54) is 11.8 Å². The van der Waals surface area contributed by atoms with Crippen LogP contribution < -0.4 is 10.1 Å². The van der Waals surface area contributed by atoms with E-state index in [4.69, 9.17) is 4.74 Å². The van der Waals surface area contributed by atoms with Crippen molar-refractivity contribution in [1.82, 2.24) is 5.32 Å². The van der Waals surface area contributed by atoms with Gasteiger partial charge in [-0.05, 0) is 42.5 Å². The monoisotopic (exact) mass is 359 g/mol. The summed E-state index contributed by atoms with van der Waals surface area (Å²) in [4.78, 5) is 13.1. The van der Waals surface area contributed by atoms with Crippen LogP contribution in [-0.4, -0.2) is 29.1 Å². The van der Waals surface area contributed by atoms with Crippen molar-refractivity contribution in [2.75, 3.05) is 6.61 Å². The minimum absolute atomic E-state index is 0.0287. The normalized spacial score (nSPS) is 19.1. The maximum atomic E-state index is 12.1. The van der Waals surface area contributed by atoms with Crippen molar-refractivity contribution < 1.29 is 9.53 Å². The van der Waals surface area contributed by atoms with Crippen molar-refractivity contribution in [3.63, 3.8) is 0 Å². The lowest BCUT2D eigenvalue weighted by Crippen LogP contribution is -2.25. The molecule has 0 aliphatic carbocycles. The number of amidine groups is 1. The van der Waals surface area contributed by atoms with E-state index in [2.05, 4.69) is 15.5 Å². The molecule has 5 nitrogen and oxygen atoms in total. The van der Waals surface area contributed by atoms with Gasteiger partial charge in [0, 0.05) is 4.88 Å². The molecule has 24 heavy (non-hydrogen) atoms. The smallest absolute Gasteiger partial charge is 0.239 e. The molecule has 1 fully saturated rings. The number of nitrogens with one attached hydrogen (secondary N) is 1. The highest BCUT2D eigenvalue weighted by Gasteiger charge is 2.30. The van der Waals surface area contributed by atoms with Crippen molar-refractivity contribution in [3.05, 3.63) is 52.2 Å². The standard InChI is InChI=1S/C17H17N3O2S2/c1-2-22-13-7-5-12(6-8-13)10-15-16(21)19-17(24-15)20-18-11-14-4-3-9-23-14/h3-9,11,15H,2,10H2,1H3,(H,19,20,21)/b18-11+. The lowest BCUT2D eigenvalue weighted by molar-refractivity contribution is -0.118. The zero-order chi connectivity index (χ0) is 16.8. The van der Waals surface area contributed by atoms with E-state index in [-0.39, 0.29) is 11.2 Å². The molecule has 1 aliphatic rings. The van der Waals surface area contributed by atoms with Crippen molar-refractivity contribution in [2.24, 2.45) is 10.2 Å². The molecule has 124 valence electrons. The number of thiophene rings is 1. The second-order valence-corrected chi connectivity index (χ2v) is 7.21. The Morgan fingerprint density at radius 2 is 2.12 bits per heavy atom. The molecule has 0 radical (unpaired) electrons. The van der Waals surface area contributed by atoms with Gasteiger partial charge in [-0.3, -0.25) is 4.79 Å².